The molecule has 0 saturated carbocycles. The van der Waals surface area contributed by atoms with Crippen LogP contribution in [0.4, 0.5) is 18.9 Å². The molecule has 1 unspecified atom stereocenters. The Morgan fingerprint density at radius 1 is 1.14 bits per heavy atom. The number of para-hydroxylation sites is 2. The molecule has 1 heterocycles. The number of thioether (sulfide) groups is 1. The first kappa shape index (κ1) is 21.6. The average molecular weight is 440 g/mol. The predicted octanol–water partition coefficient (Wildman–Crippen LogP) is 6.66. The third-order valence-electron chi connectivity index (χ3n) is 4.30. The molecule has 29 heavy (non-hydrogen) atoms. The molecule has 0 bridgehead atoms. The van der Waals surface area contributed by atoms with Gasteiger partial charge < -0.3 is 5.32 Å². The molecule has 0 aliphatic carbocycles. The van der Waals surface area contributed by atoms with E-state index in [0.29, 0.717) is 12.2 Å². The fourth-order valence-corrected chi connectivity index (χ4v) is 3.85. The van der Waals surface area contributed by atoms with Gasteiger partial charge in [-0.25, -0.2) is 9.07 Å². The van der Waals surface area contributed by atoms with Gasteiger partial charge in [-0.15, -0.1) is 0 Å². The minimum absolute atomic E-state index is 0.109. The lowest BCUT2D eigenvalue weighted by molar-refractivity contribution is 0.0537. The lowest BCUT2D eigenvalue weighted by Gasteiger charge is -2.18. The minimum atomic E-state index is -3.72. The van der Waals surface area contributed by atoms with Crippen LogP contribution in [-0.2, 0) is 13.0 Å². The zero-order valence-corrected chi connectivity index (χ0v) is 17.4. The number of halogens is 4. The van der Waals surface area contributed by atoms with Crippen LogP contribution in [0.2, 0.25) is 0 Å². The molecule has 0 amide bonds. The molecule has 1 aromatic heterocycles. The summed E-state index contributed by atoms with van der Waals surface area (Å²) in [7, 11) is 0. The Hall–Kier alpha value is -2.12. The molecule has 1 N–H and O–H groups in total. The highest BCUT2D eigenvalue weighted by molar-refractivity contribution is 8.00. The van der Waals surface area contributed by atoms with E-state index < -0.39 is 10.9 Å². The van der Waals surface area contributed by atoms with Gasteiger partial charge >= 0.3 is 5.25 Å². The van der Waals surface area contributed by atoms with Crippen LogP contribution in [0.15, 0.2) is 65.7 Å². The molecule has 1 atom stereocenters. The van der Waals surface area contributed by atoms with E-state index in [-0.39, 0.29) is 16.7 Å². The second kappa shape index (κ2) is 9.59. The Morgan fingerprint density at radius 2 is 1.83 bits per heavy atom. The van der Waals surface area contributed by atoms with E-state index in [9.17, 15) is 13.2 Å². The zero-order chi connectivity index (χ0) is 20.9. The van der Waals surface area contributed by atoms with Crippen molar-refractivity contribution in [1.29, 1.82) is 0 Å². The maximum absolute atomic E-state index is 13.7. The summed E-state index contributed by atoms with van der Waals surface area (Å²) in [5, 5.41) is 3.97. The quantitative estimate of drug-likeness (QED) is 0.299. The van der Waals surface area contributed by atoms with Crippen LogP contribution in [-0.4, -0.2) is 20.7 Å². The highest BCUT2D eigenvalue weighted by atomic mass is 35.5. The van der Waals surface area contributed by atoms with E-state index >= 15 is 0 Å². The minimum Gasteiger partial charge on any atom is -0.380 e. The predicted molar refractivity (Wildman–Crippen MR) is 113 cm³/mol. The lowest BCUT2D eigenvalue weighted by atomic mass is 10.1. The normalized spacial score (nSPS) is 12.7. The van der Waals surface area contributed by atoms with Crippen LogP contribution in [0.5, 0.6) is 0 Å². The second-order valence-electron chi connectivity index (χ2n) is 6.43. The van der Waals surface area contributed by atoms with Crippen molar-refractivity contribution < 1.29 is 13.2 Å². The maximum atomic E-state index is 13.7. The van der Waals surface area contributed by atoms with Crippen LogP contribution in [0.3, 0.4) is 0 Å². The Labute approximate surface area is 177 Å². The van der Waals surface area contributed by atoms with E-state index in [1.807, 2.05) is 35.0 Å². The number of benzene rings is 2. The third-order valence-corrected chi connectivity index (χ3v) is 5.76. The highest BCUT2D eigenvalue weighted by Gasteiger charge is 2.40. The van der Waals surface area contributed by atoms with Gasteiger partial charge in [0.05, 0.1) is 11.9 Å². The van der Waals surface area contributed by atoms with Crippen molar-refractivity contribution in [1.82, 2.24) is 9.78 Å². The highest BCUT2D eigenvalue weighted by Crippen LogP contribution is 2.43. The molecule has 3 aromatic rings. The van der Waals surface area contributed by atoms with Gasteiger partial charge in [-0.05, 0) is 42.4 Å². The summed E-state index contributed by atoms with van der Waals surface area (Å²) < 4.78 is 42.4. The number of aromatic nitrogens is 2. The largest absolute Gasteiger partial charge is 0.380 e. The zero-order valence-electron chi connectivity index (χ0n) is 15.8. The smallest absolute Gasteiger partial charge is 0.342 e. The van der Waals surface area contributed by atoms with Crippen molar-refractivity contribution in [3.05, 3.63) is 72.1 Å². The van der Waals surface area contributed by atoms with Crippen LogP contribution >= 0.6 is 23.4 Å². The van der Waals surface area contributed by atoms with Gasteiger partial charge in [0.15, 0.2) is 0 Å². The van der Waals surface area contributed by atoms with Crippen LogP contribution < -0.4 is 5.32 Å². The Morgan fingerprint density at radius 3 is 2.52 bits per heavy atom. The van der Waals surface area contributed by atoms with Crippen LogP contribution in [0.25, 0.3) is 5.69 Å². The van der Waals surface area contributed by atoms with Crippen molar-refractivity contribution in [3.8, 4) is 5.69 Å². The summed E-state index contributed by atoms with van der Waals surface area (Å²) in [6.07, 6.45) is 3.56. The van der Waals surface area contributed by atoms with Crippen LogP contribution in [0.1, 0.15) is 24.6 Å². The molecule has 0 aliphatic rings. The van der Waals surface area contributed by atoms with Gasteiger partial charge in [0.2, 0.25) is 5.63 Å². The van der Waals surface area contributed by atoms with Crippen molar-refractivity contribution in [2.45, 2.75) is 42.1 Å². The topological polar surface area (TPSA) is 29.9 Å². The van der Waals surface area contributed by atoms with E-state index in [2.05, 4.69) is 17.3 Å². The fourth-order valence-electron chi connectivity index (χ4n) is 2.93. The molecule has 0 saturated heterocycles. The van der Waals surface area contributed by atoms with Gasteiger partial charge in [-0.3, -0.25) is 0 Å². The molecule has 0 aliphatic heterocycles. The third kappa shape index (κ3) is 5.28. The molecule has 8 heteroatoms. The summed E-state index contributed by atoms with van der Waals surface area (Å²) in [4.78, 5) is 0.230. The lowest BCUT2D eigenvalue weighted by Crippen LogP contribution is -2.20. The Kier molecular flexibility index (Phi) is 7.14. The van der Waals surface area contributed by atoms with Gasteiger partial charge in [-0.1, -0.05) is 55.3 Å². The molecular weight excluding hydrogens is 419 g/mol. The Balaban J connectivity index is 1.81. The average Bonchev–Trinajstić information content (AvgIpc) is 3.10. The first-order valence-electron chi connectivity index (χ1n) is 9.21. The van der Waals surface area contributed by atoms with Crippen molar-refractivity contribution >= 4 is 29.1 Å². The van der Waals surface area contributed by atoms with Crippen molar-refractivity contribution in [3.63, 3.8) is 0 Å². The summed E-state index contributed by atoms with van der Waals surface area (Å²) in [6, 6.07) is 16.4. The van der Waals surface area contributed by atoms with Gasteiger partial charge in [0, 0.05) is 28.4 Å². The first-order chi connectivity index (χ1) is 13.9. The van der Waals surface area contributed by atoms with Crippen LogP contribution in [0, 0.1) is 0 Å². The van der Waals surface area contributed by atoms with E-state index in [1.165, 1.54) is 6.07 Å². The van der Waals surface area contributed by atoms with E-state index in [1.54, 1.807) is 24.4 Å². The summed E-state index contributed by atoms with van der Waals surface area (Å²) >= 11 is 5.10. The standard InChI is InChI=1S/C21H21ClF3N3S/c1-2-8-18-15(14-27-28(18)16-9-4-3-5-10-16)13-26-17-11-6-7-12-19(17)29-21(24,25)20(22)23/h3-7,9-12,14,20,26H,2,8,13H2,1H3. The Bertz CT molecular complexity index is 932. The molecule has 3 nitrogen and oxygen atoms in total. The number of anilines is 1. The SMILES string of the molecule is CCCc1c(CNc2ccccc2SC(F)(F)C(F)Cl)cnn1-c1ccccc1. The molecule has 0 radical (unpaired) electrons. The van der Waals surface area contributed by atoms with Gasteiger partial charge in [0.1, 0.15) is 0 Å². The molecule has 154 valence electrons. The number of hydrogen-bond acceptors (Lipinski definition) is 3. The van der Waals surface area contributed by atoms with Gasteiger partial charge in [-0.2, -0.15) is 13.9 Å². The fraction of sp³-hybridized carbons (Fsp3) is 0.286. The number of hydrogen-bond donors (Lipinski definition) is 1. The number of alkyl halides is 4. The van der Waals surface area contributed by atoms with Crippen molar-refractivity contribution in [2.24, 2.45) is 0 Å². The molecule has 3 rings (SSSR count). The molecule has 2 aromatic carbocycles. The maximum Gasteiger partial charge on any atom is 0.342 e. The van der Waals surface area contributed by atoms with Gasteiger partial charge in [0.25, 0.3) is 0 Å². The molecule has 0 fully saturated rings. The monoisotopic (exact) mass is 439 g/mol. The number of rotatable bonds is 9. The molecular formula is C21H21ClF3N3S. The first-order valence-corrected chi connectivity index (χ1v) is 10.5. The summed E-state index contributed by atoms with van der Waals surface area (Å²) in [5.41, 5.74) is 0.730. The number of nitrogens with zero attached hydrogens (tertiary/aromatic N) is 2. The van der Waals surface area contributed by atoms with E-state index in [0.717, 1.165) is 29.8 Å². The van der Waals surface area contributed by atoms with Crippen molar-refractivity contribution in [2.75, 3.05) is 5.32 Å². The van der Waals surface area contributed by atoms with E-state index in [4.69, 9.17) is 11.6 Å². The number of nitrogens with one attached hydrogen (secondary N) is 1. The summed E-state index contributed by atoms with van der Waals surface area (Å²) in [6.45, 7) is 2.50. The second-order valence-corrected chi connectivity index (χ2v) is 8.00. The molecule has 0 spiro atoms. The summed E-state index contributed by atoms with van der Waals surface area (Å²) in [5.74, 6) is 0.